The van der Waals surface area contributed by atoms with E-state index in [1.165, 1.54) is 18.4 Å². The largest absolute Gasteiger partial charge is 0.384 e. The van der Waals surface area contributed by atoms with Gasteiger partial charge in [-0.3, -0.25) is 0 Å². The maximum absolute atomic E-state index is 5.31. The molecule has 1 fully saturated rings. The Kier molecular flexibility index (Phi) is 5.80. The van der Waals surface area contributed by atoms with Gasteiger partial charge in [-0.25, -0.2) is 4.98 Å². The van der Waals surface area contributed by atoms with Gasteiger partial charge in [-0.1, -0.05) is 6.92 Å². The molecule has 4 nitrogen and oxygen atoms in total. The van der Waals surface area contributed by atoms with Gasteiger partial charge in [0.1, 0.15) is 5.82 Å². The number of hydrogen-bond donors (Lipinski definition) is 1. The smallest absolute Gasteiger partial charge is 0.129 e. The molecule has 0 radical (unpaired) electrons. The summed E-state index contributed by atoms with van der Waals surface area (Å²) in [4.78, 5) is 7.13. The quantitative estimate of drug-likeness (QED) is 0.866. The van der Waals surface area contributed by atoms with Crippen LogP contribution in [-0.4, -0.2) is 38.3 Å². The van der Waals surface area contributed by atoms with Crippen LogP contribution in [0.2, 0.25) is 0 Å². The Morgan fingerprint density at radius 2 is 2.30 bits per heavy atom. The summed E-state index contributed by atoms with van der Waals surface area (Å²) in [7, 11) is 1.79. The van der Waals surface area contributed by atoms with E-state index in [1.54, 1.807) is 7.11 Å². The molecular formula is C16H27N3O. The zero-order valence-electron chi connectivity index (χ0n) is 13.0. The molecule has 112 valence electrons. The molecule has 1 aromatic rings. The predicted molar refractivity (Wildman–Crippen MR) is 83.2 cm³/mol. The minimum absolute atomic E-state index is 0.633. The summed E-state index contributed by atoms with van der Waals surface area (Å²) in [6.07, 6.45) is 2.49. The molecule has 1 aliphatic rings. The number of nitrogens with zero attached hydrogens (tertiary/aromatic N) is 2. The van der Waals surface area contributed by atoms with Crippen LogP contribution in [0.5, 0.6) is 0 Å². The van der Waals surface area contributed by atoms with E-state index in [0.717, 1.165) is 44.3 Å². The molecule has 0 aromatic carbocycles. The minimum Gasteiger partial charge on any atom is -0.384 e. The van der Waals surface area contributed by atoms with Gasteiger partial charge < -0.3 is 15.0 Å². The van der Waals surface area contributed by atoms with Gasteiger partial charge in [0.15, 0.2) is 0 Å². The molecule has 1 aliphatic heterocycles. The van der Waals surface area contributed by atoms with E-state index in [4.69, 9.17) is 9.72 Å². The average molecular weight is 277 g/mol. The first-order valence-electron chi connectivity index (χ1n) is 7.65. The summed E-state index contributed by atoms with van der Waals surface area (Å²) < 4.78 is 5.31. The van der Waals surface area contributed by atoms with Crippen LogP contribution in [0.3, 0.4) is 0 Å². The Balaban J connectivity index is 2.08. The van der Waals surface area contributed by atoms with Crippen molar-refractivity contribution in [3.05, 3.63) is 23.4 Å². The van der Waals surface area contributed by atoms with Crippen LogP contribution in [-0.2, 0) is 11.3 Å². The van der Waals surface area contributed by atoms with E-state index in [1.807, 2.05) is 0 Å². The van der Waals surface area contributed by atoms with Crippen molar-refractivity contribution in [2.45, 2.75) is 33.2 Å². The summed E-state index contributed by atoms with van der Waals surface area (Å²) in [6, 6.07) is 4.40. The summed E-state index contributed by atoms with van der Waals surface area (Å²) >= 11 is 0. The number of rotatable bonds is 6. The van der Waals surface area contributed by atoms with Crippen LogP contribution in [0, 0.1) is 12.8 Å². The number of nitrogens with one attached hydrogen (secondary N) is 1. The Bertz CT molecular complexity index is 420. The first-order valence-corrected chi connectivity index (χ1v) is 7.65. The highest BCUT2D eigenvalue weighted by molar-refractivity contribution is 5.43. The third-order valence-corrected chi connectivity index (χ3v) is 3.82. The lowest BCUT2D eigenvalue weighted by Crippen LogP contribution is -2.37. The second kappa shape index (κ2) is 7.60. The van der Waals surface area contributed by atoms with Crippen LogP contribution in [0.25, 0.3) is 0 Å². The molecule has 1 saturated heterocycles. The Labute approximate surface area is 122 Å². The Morgan fingerprint density at radius 3 is 3.05 bits per heavy atom. The first-order chi connectivity index (χ1) is 9.72. The number of aryl methyl sites for hydroxylation is 1. The maximum atomic E-state index is 5.31. The molecule has 0 spiro atoms. The van der Waals surface area contributed by atoms with Gasteiger partial charge >= 0.3 is 0 Å². The SMILES string of the molecule is CCNCc1cc(C)nc(N2CCCC(COC)C2)c1. The number of pyridine rings is 1. The maximum Gasteiger partial charge on any atom is 0.129 e. The highest BCUT2D eigenvalue weighted by Crippen LogP contribution is 2.23. The molecule has 4 heteroatoms. The molecule has 2 rings (SSSR count). The Hall–Kier alpha value is -1.13. The number of piperidine rings is 1. The van der Waals surface area contributed by atoms with Crippen LogP contribution in [0.15, 0.2) is 12.1 Å². The average Bonchev–Trinajstić information content (AvgIpc) is 2.45. The number of hydrogen-bond acceptors (Lipinski definition) is 4. The standard InChI is InChI=1S/C16H27N3O/c1-4-17-10-15-8-13(2)18-16(9-15)19-7-5-6-14(11-19)12-20-3/h8-9,14,17H,4-7,10-12H2,1-3H3. The third kappa shape index (κ3) is 4.18. The van der Waals surface area contributed by atoms with Crippen LogP contribution in [0.4, 0.5) is 5.82 Å². The molecule has 1 aromatic heterocycles. The highest BCUT2D eigenvalue weighted by Gasteiger charge is 2.21. The van der Waals surface area contributed by atoms with E-state index in [0.29, 0.717) is 5.92 Å². The molecule has 0 aliphatic carbocycles. The molecular weight excluding hydrogens is 250 g/mol. The second-order valence-corrected chi connectivity index (χ2v) is 5.66. The van der Waals surface area contributed by atoms with Gasteiger partial charge in [-0.15, -0.1) is 0 Å². The lowest BCUT2D eigenvalue weighted by atomic mass is 9.99. The lowest BCUT2D eigenvalue weighted by molar-refractivity contribution is 0.143. The fraction of sp³-hybridized carbons (Fsp3) is 0.688. The fourth-order valence-corrected chi connectivity index (χ4v) is 2.90. The number of methoxy groups -OCH3 is 1. The van der Waals surface area contributed by atoms with Crippen LogP contribution in [0.1, 0.15) is 31.0 Å². The molecule has 2 heterocycles. The first kappa shape index (κ1) is 15.3. The van der Waals surface area contributed by atoms with Crippen molar-refractivity contribution in [2.24, 2.45) is 5.92 Å². The number of anilines is 1. The molecule has 0 bridgehead atoms. The van der Waals surface area contributed by atoms with Crippen molar-refractivity contribution in [1.29, 1.82) is 0 Å². The van der Waals surface area contributed by atoms with Gasteiger partial charge in [-0.05, 0) is 49.9 Å². The molecule has 0 saturated carbocycles. The molecule has 0 amide bonds. The fourth-order valence-electron chi connectivity index (χ4n) is 2.90. The Morgan fingerprint density at radius 1 is 1.45 bits per heavy atom. The van der Waals surface area contributed by atoms with Crippen molar-refractivity contribution in [3.63, 3.8) is 0 Å². The monoisotopic (exact) mass is 277 g/mol. The minimum atomic E-state index is 0.633. The van der Waals surface area contributed by atoms with Crippen LogP contribution < -0.4 is 10.2 Å². The van der Waals surface area contributed by atoms with Crippen molar-refractivity contribution in [1.82, 2.24) is 10.3 Å². The van der Waals surface area contributed by atoms with Gasteiger partial charge in [0.25, 0.3) is 0 Å². The van der Waals surface area contributed by atoms with E-state index in [9.17, 15) is 0 Å². The summed E-state index contributed by atoms with van der Waals surface area (Å²) in [5, 5.41) is 3.38. The molecule has 1 unspecified atom stereocenters. The van der Waals surface area contributed by atoms with Crippen LogP contribution >= 0.6 is 0 Å². The predicted octanol–water partition coefficient (Wildman–Crippen LogP) is 2.36. The molecule has 1 atom stereocenters. The second-order valence-electron chi connectivity index (χ2n) is 5.66. The normalized spacial score (nSPS) is 19.4. The molecule has 20 heavy (non-hydrogen) atoms. The number of ether oxygens (including phenoxy) is 1. The van der Waals surface area contributed by atoms with E-state index >= 15 is 0 Å². The number of aromatic nitrogens is 1. The highest BCUT2D eigenvalue weighted by atomic mass is 16.5. The molecule has 1 N–H and O–H groups in total. The van der Waals surface area contributed by atoms with E-state index in [2.05, 4.69) is 36.2 Å². The zero-order valence-corrected chi connectivity index (χ0v) is 13.0. The topological polar surface area (TPSA) is 37.4 Å². The van der Waals surface area contributed by atoms with E-state index < -0.39 is 0 Å². The summed E-state index contributed by atoms with van der Waals surface area (Å²) in [5.41, 5.74) is 2.42. The summed E-state index contributed by atoms with van der Waals surface area (Å²) in [6.45, 7) is 9.15. The summed E-state index contributed by atoms with van der Waals surface area (Å²) in [5.74, 6) is 1.76. The van der Waals surface area contributed by atoms with Gasteiger partial charge in [-0.2, -0.15) is 0 Å². The van der Waals surface area contributed by atoms with E-state index in [-0.39, 0.29) is 0 Å². The lowest BCUT2D eigenvalue weighted by Gasteiger charge is -2.33. The van der Waals surface area contributed by atoms with Gasteiger partial charge in [0.05, 0.1) is 6.61 Å². The van der Waals surface area contributed by atoms with Crippen molar-refractivity contribution >= 4 is 5.82 Å². The van der Waals surface area contributed by atoms with Gasteiger partial charge in [0.2, 0.25) is 0 Å². The van der Waals surface area contributed by atoms with Crippen molar-refractivity contribution in [3.8, 4) is 0 Å². The van der Waals surface area contributed by atoms with Gasteiger partial charge in [0, 0.05) is 32.4 Å². The van der Waals surface area contributed by atoms with Crippen molar-refractivity contribution in [2.75, 3.05) is 38.3 Å². The third-order valence-electron chi connectivity index (χ3n) is 3.82. The zero-order chi connectivity index (χ0) is 14.4. The van der Waals surface area contributed by atoms with Crippen molar-refractivity contribution < 1.29 is 4.74 Å².